The average molecular weight is 1080 g/mol. The number of unbranched alkanes of at least 4 members (excludes halogenated alkanes) is 41. The summed E-state index contributed by atoms with van der Waals surface area (Å²) in [7, 11) is 0. The number of hydrogen-bond acceptors (Lipinski definition) is 6. The summed E-state index contributed by atoms with van der Waals surface area (Å²) < 4.78 is 16.9. The van der Waals surface area contributed by atoms with Gasteiger partial charge in [0, 0.05) is 19.3 Å². The molecule has 0 spiro atoms. The highest BCUT2D eigenvalue weighted by Crippen LogP contribution is 2.18. The summed E-state index contributed by atoms with van der Waals surface area (Å²) in [6.45, 7) is 6.62. The highest BCUT2D eigenvalue weighted by atomic mass is 16.6. The molecule has 0 aromatic carbocycles. The van der Waals surface area contributed by atoms with E-state index < -0.39 is 6.10 Å². The Balaban J connectivity index is 4.32. The van der Waals surface area contributed by atoms with Crippen molar-refractivity contribution in [2.75, 3.05) is 13.2 Å². The zero-order valence-electron chi connectivity index (χ0n) is 51.5. The van der Waals surface area contributed by atoms with Gasteiger partial charge in [0.2, 0.25) is 0 Å². The Morgan fingerprint density at radius 3 is 0.766 bits per heavy atom. The highest BCUT2D eigenvalue weighted by Gasteiger charge is 2.19. The average Bonchev–Trinajstić information content (AvgIpc) is 3.43. The summed E-state index contributed by atoms with van der Waals surface area (Å²) in [4.78, 5) is 38.4. The van der Waals surface area contributed by atoms with Crippen LogP contribution in [0.4, 0.5) is 0 Å². The fraction of sp³-hybridized carbons (Fsp3) is 0.817. The van der Waals surface area contributed by atoms with Crippen molar-refractivity contribution in [2.45, 2.75) is 361 Å². The molecule has 0 N–H and O–H groups in total. The molecule has 0 radical (unpaired) electrons. The molecule has 1 unspecified atom stereocenters. The maximum absolute atomic E-state index is 12.9. The van der Waals surface area contributed by atoms with Crippen molar-refractivity contribution in [3.8, 4) is 0 Å². The van der Waals surface area contributed by atoms with Crippen LogP contribution in [-0.4, -0.2) is 37.2 Å². The molecule has 0 aromatic rings. The normalized spacial score (nSPS) is 12.4. The minimum absolute atomic E-state index is 0.0811. The van der Waals surface area contributed by atoms with Crippen LogP contribution in [-0.2, 0) is 28.6 Å². The number of hydrogen-bond donors (Lipinski definition) is 0. The van der Waals surface area contributed by atoms with Crippen LogP contribution in [0.15, 0.2) is 60.8 Å². The van der Waals surface area contributed by atoms with Crippen LogP contribution in [0.2, 0.25) is 0 Å². The Hall–Kier alpha value is -2.89. The first-order valence-corrected chi connectivity index (χ1v) is 33.8. The van der Waals surface area contributed by atoms with Crippen molar-refractivity contribution in [1.82, 2.24) is 0 Å². The molecule has 0 heterocycles. The molecular weight excluding hydrogens is 949 g/mol. The molecule has 0 amide bonds. The van der Waals surface area contributed by atoms with Crippen molar-refractivity contribution >= 4 is 17.9 Å². The van der Waals surface area contributed by atoms with Crippen molar-refractivity contribution in [3.63, 3.8) is 0 Å². The van der Waals surface area contributed by atoms with Crippen molar-refractivity contribution < 1.29 is 28.6 Å². The minimum atomic E-state index is -0.787. The Kier molecular flexibility index (Phi) is 63.2. The van der Waals surface area contributed by atoms with Gasteiger partial charge in [0.05, 0.1) is 0 Å². The van der Waals surface area contributed by atoms with Crippen LogP contribution >= 0.6 is 0 Å². The number of carbonyl (C=O) groups excluding carboxylic acids is 3. The van der Waals surface area contributed by atoms with E-state index >= 15 is 0 Å². The van der Waals surface area contributed by atoms with E-state index in [1.165, 1.54) is 212 Å². The van der Waals surface area contributed by atoms with E-state index in [-0.39, 0.29) is 31.1 Å². The van der Waals surface area contributed by atoms with E-state index in [9.17, 15) is 14.4 Å². The van der Waals surface area contributed by atoms with Gasteiger partial charge in [0.1, 0.15) is 13.2 Å². The smallest absolute Gasteiger partial charge is 0.306 e. The number of esters is 3. The first-order chi connectivity index (χ1) is 38.0. The lowest BCUT2D eigenvalue weighted by Crippen LogP contribution is -2.30. The lowest BCUT2D eigenvalue weighted by molar-refractivity contribution is -0.167. The summed E-state index contributed by atoms with van der Waals surface area (Å²) >= 11 is 0. The van der Waals surface area contributed by atoms with E-state index in [2.05, 4.69) is 81.5 Å². The predicted molar refractivity (Wildman–Crippen MR) is 335 cm³/mol. The second-order valence-corrected chi connectivity index (χ2v) is 22.7. The quantitative estimate of drug-likeness (QED) is 0.0261. The number of ether oxygens (including phenoxy) is 3. The maximum Gasteiger partial charge on any atom is 0.306 e. The molecule has 0 aliphatic heterocycles. The predicted octanol–water partition coefficient (Wildman–Crippen LogP) is 23.1. The summed E-state index contributed by atoms with van der Waals surface area (Å²) in [5.74, 6) is -0.888. The van der Waals surface area contributed by atoms with Gasteiger partial charge in [-0.05, 0) is 83.5 Å². The monoisotopic (exact) mass is 1080 g/mol. The van der Waals surface area contributed by atoms with Gasteiger partial charge >= 0.3 is 17.9 Å². The largest absolute Gasteiger partial charge is 0.462 e. The molecule has 0 fully saturated rings. The third-order valence-corrected chi connectivity index (χ3v) is 15.0. The van der Waals surface area contributed by atoms with Crippen LogP contribution in [0.1, 0.15) is 355 Å². The molecule has 0 rings (SSSR count). The lowest BCUT2D eigenvalue weighted by atomic mass is 10.0. The zero-order chi connectivity index (χ0) is 55.7. The highest BCUT2D eigenvalue weighted by molar-refractivity contribution is 5.71. The minimum Gasteiger partial charge on any atom is -0.462 e. The summed E-state index contributed by atoms with van der Waals surface area (Å²) in [5.41, 5.74) is 0. The summed E-state index contributed by atoms with van der Waals surface area (Å²) in [6.07, 6.45) is 83.8. The number of allylic oxidation sites excluding steroid dienone is 10. The molecule has 448 valence electrons. The molecule has 6 nitrogen and oxygen atoms in total. The van der Waals surface area contributed by atoms with Gasteiger partial charge in [0.25, 0.3) is 0 Å². The molecule has 0 saturated heterocycles. The van der Waals surface area contributed by atoms with Crippen LogP contribution in [0.25, 0.3) is 0 Å². The number of carbonyl (C=O) groups is 3. The summed E-state index contributed by atoms with van der Waals surface area (Å²) in [5, 5.41) is 0. The molecule has 0 aliphatic rings. The molecule has 6 heteroatoms. The Bertz CT molecular complexity index is 1380. The Morgan fingerprint density at radius 1 is 0.260 bits per heavy atom. The van der Waals surface area contributed by atoms with Gasteiger partial charge in [-0.3, -0.25) is 14.4 Å². The molecule has 0 aromatic heterocycles. The van der Waals surface area contributed by atoms with Gasteiger partial charge in [-0.25, -0.2) is 0 Å². The molecular formula is C71H128O6. The molecule has 0 saturated carbocycles. The van der Waals surface area contributed by atoms with Crippen molar-refractivity contribution in [3.05, 3.63) is 60.8 Å². The first-order valence-electron chi connectivity index (χ1n) is 33.8. The topological polar surface area (TPSA) is 78.9 Å². The Morgan fingerprint density at radius 2 is 0.481 bits per heavy atom. The zero-order valence-corrected chi connectivity index (χ0v) is 51.5. The van der Waals surface area contributed by atoms with Crippen LogP contribution < -0.4 is 0 Å². The number of rotatable bonds is 62. The Labute approximate surface area is 479 Å². The van der Waals surface area contributed by atoms with Gasteiger partial charge in [0.15, 0.2) is 6.10 Å². The van der Waals surface area contributed by atoms with Gasteiger partial charge in [-0.1, -0.05) is 313 Å². The van der Waals surface area contributed by atoms with Crippen LogP contribution in [0, 0.1) is 0 Å². The first kappa shape index (κ1) is 74.1. The van der Waals surface area contributed by atoms with Gasteiger partial charge in [-0.2, -0.15) is 0 Å². The van der Waals surface area contributed by atoms with Gasteiger partial charge < -0.3 is 14.2 Å². The van der Waals surface area contributed by atoms with E-state index in [0.717, 1.165) is 103 Å². The fourth-order valence-corrected chi connectivity index (χ4v) is 9.88. The van der Waals surface area contributed by atoms with Crippen molar-refractivity contribution in [1.29, 1.82) is 0 Å². The summed E-state index contributed by atoms with van der Waals surface area (Å²) in [6, 6.07) is 0. The van der Waals surface area contributed by atoms with E-state index in [1.807, 2.05) is 0 Å². The third-order valence-electron chi connectivity index (χ3n) is 15.0. The van der Waals surface area contributed by atoms with Crippen molar-refractivity contribution in [2.24, 2.45) is 0 Å². The van der Waals surface area contributed by atoms with E-state index in [4.69, 9.17) is 14.2 Å². The molecule has 1 atom stereocenters. The SMILES string of the molecule is CCCC/C=C\C/C=C\CCCCCCCC(=O)OCC(COC(=O)CCCCCCCCCCCCCCCCCCCCCCCCCC)OC(=O)CCCCCCCC/C=C\C/C=C\C/C=C\CCCCCCC. The van der Waals surface area contributed by atoms with Crippen LogP contribution in [0.3, 0.4) is 0 Å². The van der Waals surface area contributed by atoms with Gasteiger partial charge in [-0.15, -0.1) is 0 Å². The molecule has 0 aliphatic carbocycles. The lowest BCUT2D eigenvalue weighted by Gasteiger charge is -2.18. The standard InChI is InChI=1S/C71H128O6/c1-4-7-10-13-16-19-22-25-28-30-32-34-35-36-38-39-41-43-46-49-52-55-58-61-64-70(73)76-67-68(66-75-69(72)63-60-57-54-51-48-45-27-24-21-18-15-12-9-6-3)77-71(74)65-62-59-56-53-50-47-44-42-40-37-33-31-29-26-23-20-17-14-11-8-5-2/h15,18,23-24,26-27,31,33,40,42,68H,4-14,16-17,19-22,25,28-30,32,34-39,41,43-67H2,1-3H3/b18-15-,26-23-,27-24-,33-31-,42-40-. The second-order valence-electron chi connectivity index (χ2n) is 22.7. The second kappa shape index (κ2) is 65.6. The van der Waals surface area contributed by atoms with E-state index in [1.54, 1.807) is 0 Å². The molecule has 77 heavy (non-hydrogen) atoms. The fourth-order valence-electron chi connectivity index (χ4n) is 9.88. The molecule has 0 bridgehead atoms. The maximum atomic E-state index is 12.9. The van der Waals surface area contributed by atoms with Crippen LogP contribution in [0.5, 0.6) is 0 Å². The third kappa shape index (κ3) is 63.8. The van der Waals surface area contributed by atoms with E-state index in [0.29, 0.717) is 19.3 Å².